The lowest BCUT2D eigenvalue weighted by Crippen LogP contribution is -1.93. The van der Waals surface area contributed by atoms with Crippen molar-refractivity contribution in [3.05, 3.63) is 74.8 Å². The molecular weight excluding hydrogens is 238 g/mol. The van der Waals surface area contributed by atoms with Crippen molar-refractivity contribution in [2.75, 3.05) is 0 Å². The van der Waals surface area contributed by atoms with E-state index in [0.717, 1.165) is 11.1 Å². The second-order valence-corrected chi connectivity index (χ2v) is 4.04. The van der Waals surface area contributed by atoms with Crippen molar-refractivity contribution >= 4 is 17.3 Å². The van der Waals surface area contributed by atoms with E-state index >= 15 is 0 Å². The van der Waals surface area contributed by atoms with Crippen LogP contribution in [0.15, 0.2) is 42.5 Å². The molecule has 0 atom stereocenters. The van der Waals surface area contributed by atoms with Crippen LogP contribution in [0.2, 0.25) is 5.02 Å². The summed E-state index contributed by atoms with van der Waals surface area (Å²) in [5, 5.41) is 10.9. The summed E-state index contributed by atoms with van der Waals surface area (Å²) < 4.78 is 0. The summed E-state index contributed by atoms with van der Waals surface area (Å²) in [4.78, 5) is 10.3. The summed E-state index contributed by atoms with van der Waals surface area (Å²) in [6.07, 6.45) is 0.634. The average molecular weight is 247 g/mol. The zero-order valence-electron chi connectivity index (χ0n) is 8.89. The highest BCUT2D eigenvalue weighted by Crippen LogP contribution is 2.26. The first-order valence-electron chi connectivity index (χ1n) is 5.04. The molecule has 2 rings (SSSR count). The van der Waals surface area contributed by atoms with Crippen LogP contribution < -0.4 is 0 Å². The molecule has 0 bridgehead atoms. The van der Waals surface area contributed by atoms with E-state index in [9.17, 15) is 10.1 Å². The summed E-state index contributed by atoms with van der Waals surface area (Å²) >= 11 is 5.75. The van der Waals surface area contributed by atoms with E-state index in [0.29, 0.717) is 6.42 Å². The van der Waals surface area contributed by atoms with Gasteiger partial charge in [0, 0.05) is 6.07 Å². The van der Waals surface area contributed by atoms with Gasteiger partial charge < -0.3 is 0 Å². The monoisotopic (exact) mass is 246 g/mol. The second-order valence-electron chi connectivity index (χ2n) is 3.63. The second kappa shape index (κ2) is 4.97. The average Bonchev–Trinajstić information content (AvgIpc) is 2.32. The van der Waals surface area contributed by atoms with Gasteiger partial charge >= 0.3 is 0 Å². The van der Waals surface area contributed by atoms with Gasteiger partial charge in [0.15, 0.2) is 0 Å². The molecule has 1 radical (unpaired) electrons. The molecule has 2 aromatic rings. The Morgan fingerprint density at radius 1 is 1.29 bits per heavy atom. The number of benzene rings is 2. The number of rotatable bonds is 3. The fourth-order valence-corrected chi connectivity index (χ4v) is 1.77. The normalized spacial score (nSPS) is 10.2. The fraction of sp³-hybridized carbons (Fsp3) is 0.0769. The maximum absolute atomic E-state index is 10.7. The summed E-state index contributed by atoms with van der Waals surface area (Å²) in [5.41, 5.74) is 1.87. The first-order chi connectivity index (χ1) is 8.16. The molecule has 0 N–H and O–H groups in total. The van der Waals surface area contributed by atoms with Gasteiger partial charge in [0.25, 0.3) is 5.69 Å². The summed E-state index contributed by atoms with van der Waals surface area (Å²) in [6.45, 7) is 0. The van der Waals surface area contributed by atoms with Crippen LogP contribution in [0, 0.1) is 16.2 Å². The van der Waals surface area contributed by atoms with Gasteiger partial charge in [-0.2, -0.15) is 0 Å². The molecule has 4 heteroatoms. The number of nitro benzene ring substituents is 1. The van der Waals surface area contributed by atoms with Crippen molar-refractivity contribution in [3.8, 4) is 0 Å². The molecule has 2 aromatic carbocycles. The van der Waals surface area contributed by atoms with E-state index < -0.39 is 4.92 Å². The lowest BCUT2D eigenvalue weighted by atomic mass is 10.0. The Kier molecular flexibility index (Phi) is 3.40. The zero-order chi connectivity index (χ0) is 12.3. The molecule has 0 aliphatic rings. The largest absolute Gasteiger partial charge is 0.288 e. The third-order valence-corrected chi connectivity index (χ3v) is 2.71. The Labute approximate surface area is 104 Å². The van der Waals surface area contributed by atoms with Crippen LogP contribution in [0.3, 0.4) is 0 Å². The third-order valence-electron chi connectivity index (χ3n) is 2.39. The van der Waals surface area contributed by atoms with Gasteiger partial charge in [-0.25, -0.2) is 0 Å². The Morgan fingerprint density at radius 2 is 2.12 bits per heavy atom. The standard InChI is InChI=1S/C13H9ClNO2/c14-12-7-6-11(9-13(12)15(16)17)8-10-4-2-1-3-5-10/h1-2,4-7,9H,8H2. The van der Waals surface area contributed by atoms with Gasteiger partial charge in [-0.1, -0.05) is 41.9 Å². The van der Waals surface area contributed by atoms with Gasteiger partial charge in [-0.15, -0.1) is 0 Å². The van der Waals surface area contributed by atoms with Gasteiger partial charge in [-0.05, 0) is 29.7 Å². The minimum atomic E-state index is -0.469. The minimum Gasteiger partial charge on any atom is -0.258 e. The topological polar surface area (TPSA) is 43.1 Å². The van der Waals surface area contributed by atoms with Crippen molar-refractivity contribution in [1.29, 1.82) is 0 Å². The van der Waals surface area contributed by atoms with Crippen LogP contribution in [0.25, 0.3) is 0 Å². The molecule has 85 valence electrons. The van der Waals surface area contributed by atoms with Crippen LogP contribution in [-0.2, 0) is 6.42 Å². The predicted molar refractivity (Wildman–Crippen MR) is 66.2 cm³/mol. The van der Waals surface area contributed by atoms with Crippen molar-refractivity contribution < 1.29 is 4.92 Å². The molecule has 3 nitrogen and oxygen atoms in total. The van der Waals surface area contributed by atoms with E-state index in [1.54, 1.807) is 12.1 Å². The van der Waals surface area contributed by atoms with E-state index in [2.05, 4.69) is 6.07 Å². The molecule has 17 heavy (non-hydrogen) atoms. The van der Waals surface area contributed by atoms with Gasteiger partial charge in [0.2, 0.25) is 0 Å². The van der Waals surface area contributed by atoms with Crippen molar-refractivity contribution in [3.63, 3.8) is 0 Å². The summed E-state index contributed by atoms with van der Waals surface area (Å²) in [7, 11) is 0. The molecule has 0 aliphatic heterocycles. The molecule has 0 aromatic heterocycles. The maximum Gasteiger partial charge on any atom is 0.288 e. The Hall–Kier alpha value is -1.87. The van der Waals surface area contributed by atoms with Crippen LogP contribution in [0.4, 0.5) is 5.69 Å². The molecule has 0 unspecified atom stereocenters. The minimum absolute atomic E-state index is 0.0518. The number of nitrogens with zero attached hydrogens (tertiary/aromatic N) is 1. The molecular formula is C13H9ClNO2. The van der Waals surface area contributed by atoms with Crippen LogP contribution in [0.1, 0.15) is 11.1 Å². The lowest BCUT2D eigenvalue weighted by molar-refractivity contribution is -0.384. The van der Waals surface area contributed by atoms with Crippen LogP contribution >= 0.6 is 11.6 Å². The maximum atomic E-state index is 10.7. The van der Waals surface area contributed by atoms with Gasteiger partial charge in [0.1, 0.15) is 5.02 Å². The van der Waals surface area contributed by atoms with E-state index in [1.807, 2.05) is 24.3 Å². The molecule has 0 amide bonds. The van der Waals surface area contributed by atoms with Crippen molar-refractivity contribution in [2.45, 2.75) is 6.42 Å². The highest BCUT2D eigenvalue weighted by molar-refractivity contribution is 6.32. The molecule has 0 fully saturated rings. The first kappa shape index (κ1) is 11.6. The Balaban J connectivity index is 2.29. The van der Waals surface area contributed by atoms with Crippen LogP contribution in [0.5, 0.6) is 0 Å². The van der Waals surface area contributed by atoms with Gasteiger partial charge in [-0.3, -0.25) is 10.1 Å². The predicted octanol–water partition coefficient (Wildman–Crippen LogP) is 3.64. The Morgan fingerprint density at radius 3 is 2.76 bits per heavy atom. The highest BCUT2D eigenvalue weighted by atomic mass is 35.5. The van der Waals surface area contributed by atoms with Crippen molar-refractivity contribution in [1.82, 2.24) is 0 Å². The third kappa shape index (κ3) is 2.82. The highest BCUT2D eigenvalue weighted by Gasteiger charge is 2.12. The summed E-state index contributed by atoms with van der Waals surface area (Å²) in [6, 6.07) is 15.3. The SMILES string of the molecule is O=[N+]([O-])c1cc(Cc2c[c]ccc2)ccc1Cl. The summed E-state index contributed by atoms with van der Waals surface area (Å²) in [5.74, 6) is 0. The molecule has 0 heterocycles. The van der Waals surface area contributed by atoms with E-state index in [-0.39, 0.29) is 10.7 Å². The molecule has 0 saturated heterocycles. The quantitative estimate of drug-likeness (QED) is 0.613. The fourth-order valence-electron chi connectivity index (χ4n) is 1.58. The smallest absolute Gasteiger partial charge is 0.258 e. The van der Waals surface area contributed by atoms with Crippen LogP contribution in [-0.4, -0.2) is 4.92 Å². The molecule has 0 spiro atoms. The Bertz CT molecular complexity index is 540. The number of halogens is 1. The number of hydrogen-bond acceptors (Lipinski definition) is 2. The lowest BCUT2D eigenvalue weighted by Gasteiger charge is -2.02. The molecule has 0 saturated carbocycles. The molecule has 0 aliphatic carbocycles. The van der Waals surface area contributed by atoms with E-state index in [4.69, 9.17) is 11.6 Å². The first-order valence-corrected chi connectivity index (χ1v) is 5.42. The number of nitro groups is 1. The van der Waals surface area contributed by atoms with Crippen molar-refractivity contribution in [2.24, 2.45) is 0 Å². The van der Waals surface area contributed by atoms with Gasteiger partial charge in [0.05, 0.1) is 4.92 Å². The zero-order valence-corrected chi connectivity index (χ0v) is 9.65. The number of hydrogen-bond donors (Lipinski definition) is 0. The van der Waals surface area contributed by atoms with E-state index in [1.165, 1.54) is 6.07 Å².